The van der Waals surface area contributed by atoms with Gasteiger partial charge in [-0.3, -0.25) is 0 Å². The van der Waals surface area contributed by atoms with Gasteiger partial charge in [0.05, 0.1) is 12.7 Å². The molecule has 0 aliphatic heterocycles. The van der Waals surface area contributed by atoms with Crippen LogP contribution in [0.1, 0.15) is 16.3 Å². The third-order valence-electron chi connectivity index (χ3n) is 2.68. The SMILES string of the molecule is COc1ccc(/C=C(\C#N)c2nc(C)cs2)cc1OC(F)F. The smallest absolute Gasteiger partial charge is 0.387 e. The van der Waals surface area contributed by atoms with Crippen molar-refractivity contribution < 1.29 is 18.3 Å². The quantitative estimate of drug-likeness (QED) is 0.777. The van der Waals surface area contributed by atoms with Gasteiger partial charge in [0.1, 0.15) is 11.1 Å². The number of rotatable bonds is 5. The van der Waals surface area contributed by atoms with E-state index in [4.69, 9.17) is 4.74 Å². The molecule has 0 saturated carbocycles. The third-order valence-corrected chi connectivity index (χ3v) is 3.68. The summed E-state index contributed by atoms with van der Waals surface area (Å²) >= 11 is 1.35. The number of nitriles is 1. The van der Waals surface area contributed by atoms with Gasteiger partial charge in [0.25, 0.3) is 0 Å². The number of aromatic nitrogens is 1. The van der Waals surface area contributed by atoms with Gasteiger partial charge in [-0.2, -0.15) is 14.0 Å². The van der Waals surface area contributed by atoms with Crippen molar-refractivity contribution in [1.29, 1.82) is 5.26 Å². The molecule has 1 aromatic heterocycles. The molecule has 2 aromatic rings. The molecule has 7 heteroatoms. The predicted octanol–water partition coefficient (Wildman–Crippen LogP) is 4.13. The van der Waals surface area contributed by atoms with Crippen LogP contribution in [0, 0.1) is 18.3 Å². The van der Waals surface area contributed by atoms with Gasteiger partial charge in [-0.25, -0.2) is 4.98 Å². The number of nitrogens with zero attached hydrogens (tertiary/aromatic N) is 2. The number of hydrogen-bond acceptors (Lipinski definition) is 5. The van der Waals surface area contributed by atoms with Crippen LogP contribution in [0.15, 0.2) is 23.6 Å². The summed E-state index contributed by atoms with van der Waals surface area (Å²) in [5.41, 5.74) is 1.71. The van der Waals surface area contributed by atoms with Crippen molar-refractivity contribution in [2.45, 2.75) is 13.5 Å². The maximum Gasteiger partial charge on any atom is 0.387 e. The lowest BCUT2D eigenvalue weighted by molar-refractivity contribution is -0.0512. The highest BCUT2D eigenvalue weighted by molar-refractivity contribution is 7.11. The average molecular weight is 322 g/mol. The molecule has 1 aromatic carbocycles. The summed E-state index contributed by atoms with van der Waals surface area (Å²) in [6.07, 6.45) is 1.57. The molecule has 114 valence electrons. The lowest BCUT2D eigenvalue weighted by Crippen LogP contribution is -2.03. The summed E-state index contributed by atoms with van der Waals surface area (Å²) in [5.74, 6) is 0.111. The number of halogens is 2. The second kappa shape index (κ2) is 7.00. The minimum Gasteiger partial charge on any atom is -0.493 e. The standard InChI is InChI=1S/C15H12F2N2O2S/c1-9-8-22-14(19-9)11(7-18)5-10-3-4-12(20-2)13(6-10)21-15(16)17/h3-6,8,15H,1-2H3/b11-5+. The fraction of sp³-hybridized carbons (Fsp3) is 0.200. The van der Waals surface area contributed by atoms with Gasteiger partial charge in [0.2, 0.25) is 0 Å². The molecule has 0 radical (unpaired) electrons. The van der Waals surface area contributed by atoms with Crippen molar-refractivity contribution in [2.24, 2.45) is 0 Å². The lowest BCUT2D eigenvalue weighted by Gasteiger charge is -2.10. The summed E-state index contributed by atoms with van der Waals surface area (Å²) in [7, 11) is 1.36. The monoisotopic (exact) mass is 322 g/mol. The van der Waals surface area contributed by atoms with Crippen LogP contribution in [0.5, 0.6) is 11.5 Å². The number of aryl methyl sites for hydroxylation is 1. The molecule has 0 aliphatic rings. The molecule has 0 spiro atoms. The fourth-order valence-electron chi connectivity index (χ4n) is 1.76. The summed E-state index contributed by atoms with van der Waals surface area (Å²) in [6.45, 7) is -1.12. The van der Waals surface area contributed by atoms with E-state index in [1.165, 1.54) is 30.6 Å². The number of thiazole rings is 1. The van der Waals surface area contributed by atoms with E-state index in [9.17, 15) is 14.0 Å². The molecule has 0 fully saturated rings. The molecule has 22 heavy (non-hydrogen) atoms. The van der Waals surface area contributed by atoms with E-state index in [0.717, 1.165) is 5.69 Å². The number of methoxy groups -OCH3 is 1. The second-order valence-electron chi connectivity index (χ2n) is 4.25. The zero-order chi connectivity index (χ0) is 16.1. The van der Waals surface area contributed by atoms with E-state index in [2.05, 4.69) is 15.8 Å². The minimum absolute atomic E-state index is 0.0844. The Balaban J connectivity index is 2.39. The highest BCUT2D eigenvalue weighted by Crippen LogP contribution is 2.31. The molecule has 1 heterocycles. The van der Waals surface area contributed by atoms with Gasteiger partial charge in [-0.15, -0.1) is 11.3 Å². The van der Waals surface area contributed by atoms with Gasteiger partial charge in [0, 0.05) is 11.1 Å². The van der Waals surface area contributed by atoms with Crippen molar-refractivity contribution in [3.63, 3.8) is 0 Å². The van der Waals surface area contributed by atoms with Crippen LogP contribution in [0.3, 0.4) is 0 Å². The molecule has 0 aliphatic carbocycles. The Bertz CT molecular complexity index is 735. The van der Waals surface area contributed by atoms with E-state index in [1.807, 2.05) is 12.3 Å². The Hall–Kier alpha value is -2.46. The third kappa shape index (κ3) is 3.80. The second-order valence-corrected chi connectivity index (χ2v) is 5.11. The molecular weight excluding hydrogens is 310 g/mol. The van der Waals surface area contributed by atoms with E-state index in [0.29, 0.717) is 16.1 Å². The van der Waals surface area contributed by atoms with Crippen LogP contribution in [0.25, 0.3) is 11.6 Å². The van der Waals surface area contributed by atoms with Crippen LogP contribution in [0.2, 0.25) is 0 Å². The Morgan fingerprint density at radius 3 is 2.73 bits per heavy atom. The topological polar surface area (TPSA) is 55.1 Å². The molecule has 0 unspecified atom stereocenters. The molecule has 4 nitrogen and oxygen atoms in total. The Morgan fingerprint density at radius 1 is 1.41 bits per heavy atom. The molecule has 0 bridgehead atoms. The Labute approximate surface area is 130 Å². The largest absolute Gasteiger partial charge is 0.493 e. The average Bonchev–Trinajstić information content (AvgIpc) is 2.91. The van der Waals surface area contributed by atoms with Crippen molar-refractivity contribution in [3.8, 4) is 17.6 Å². The van der Waals surface area contributed by atoms with E-state index >= 15 is 0 Å². The zero-order valence-corrected chi connectivity index (χ0v) is 12.7. The van der Waals surface area contributed by atoms with Crippen LogP contribution in [-0.2, 0) is 0 Å². The van der Waals surface area contributed by atoms with Crippen LogP contribution < -0.4 is 9.47 Å². The normalized spacial score (nSPS) is 11.4. The summed E-state index contributed by atoms with van der Waals surface area (Å²) in [6, 6.07) is 6.60. The van der Waals surface area contributed by atoms with Crippen molar-refractivity contribution in [2.75, 3.05) is 7.11 Å². The molecule has 2 rings (SSSR count). The Morgan fingerprint density at radius 2 is 2.18 bits per heavy atom. The van der Waals surface area contributed by atoms with Crippen LogP contribution >= 0.6 is 11.3 Å². The van der Waals surface area contributed by atoms with Crippen molar-refractivity contribution >= 4 is 23.0 Å². The molecule has 0 atom stereocenters. The van der Waals surface area contributed by atoms with E-state index in [-0.39, 0.29) is 11.5 Å². The highest BCUT2D eigenvalue weighted by Gasteiger charge is 2.12. The first-order valence-corrected chi connectivity index (χ1v) is 7.08. The first kappa shape index (κ1) is 15.9. The molecule has 0 amide bonds. The minimum atomic E-state index is -2.95. The molecule has 0 N–H and O–H groups in total. The summed E-state index contributed by atoms with van der Waals surface area (Å²) in [4.78, 5) is 4.23. The summed E-state index contributed by atoms with van der Waals surface area (Å²) < 4.78 is 34.2. The Kier molecular flexibility index (Phi) is 5.07. The first-order valence-electron chi connectivity index (χ1n) is 6.20. The maximum atomic E-state index is 12.4. The van der Waals surface area contributed by atoms with Crippen LogP contribution in [0.4, 0.5) is 8.78 Å². The molecular formula is C15H12F2N2O2S. The highest BCUT2D eigenvalue weighted by atomic mass is 32.1. The fourth-order valence-corrected chi connectivity index (χ4v) is 2.52. The van der Waals surface area contributed by atoms with Crippen molar-refractivity contribution in [3.05, 3.63) is 39.8 Å². The number of allylic oxidation sites excluding steroid dienone is 1. The lowest BCUT2D eigenvalue weighted by atomic mass is 10.1. The van der Waals surface area contributed by atoms with E-state index in [1.54, 1.807) is 12.1 Å². The predicted molar refractivity (Wildman–Crippen MR) is 80.0 cm³/mol. The van der Waals surface area contributed by atoms with E-state index < -0.39 is 6.61 Å². The van der Waals surface area contributed by atoms with Gasteiger partial charge in [-0.1, -0.05) is 6.07 Å². The number of benzene rings is 1. The number of alkyl halides is 2. The molecule has 0 saturated heterocycles. The maximum absolute atomic E-state index is 12.4. The van der Waals surface area contributed by atoms with Gasteiger partial charge >= 0.3 is 6.61 Å². The van der Waals surface area contributed by atoms with Gasteiger partial charge in [0.15, 0.2) is 11.5 Å². The van der Waals surface area contributed by atoms with Crippen molar-refractivity contribution in [1.82, 2.24) is 4.98 Å². The zero-order valence-electron chi connectivity index (χ0n) is 11.8. The van der Waals surface area contributed by atoms with Gasteiger partial charge < -0.3 is 9.47 Å². The van der Waals surface area contributed by atoms with Gasteiger partial charge in [-0.05, 0) is 30.7 Å². The van der Waals surface area contributed by atoms with Crippen LogP contribution in [-0.4, -0.2) is 18.7 Å². The summed E-state index contributed by atoms with van der Waals surface area (Å²) in [5, 5.41) is 11.6. The first-order chi connectivity index (χ1) is 10.5. The number of hydrogen-bond donors (Lipinski definition) is 0. The number of ether oxygens (including phenoxy) is 2.